The van der Waals surface area contributed by atoms with Gasteiger partial charge in [0.15, 0.2) is 5.13 Å². The largest absolute Gasteiger partial charge is 0.507 e. The van der Waals surface area contributed by atoms with Crippen molar-refractivity contribution in [1.82, 2.24) is 4.98 Å². The molecule has 5 rings (SSSR count). The van der Waals surface area contributed by atoms with Crippen LogP contribution in [-0.4, -0.2) is 35.1 Å². The molecule has 1 atom stereocenters. The van der Waals surface area contributed by atoms with Crippen molar-refractivity contribution in [1.29, 1.82) is 0 Å². The second kappa shape index (κ2) is 11.0. The zero-order valence-corrected chi connectivity index (χ0v) is 25.4. The van der Waals surface area contributed by atoms with Gasteiger partial charge in [-0.05, 0) is 52.9 Å². The summed E-state index contributed by atoms with van der Waals surface area (Å²) < 4.78 is 26.4. The summed E-state index contributed by atoms with van der Waals surface area (Å²) in [6, 6.07) is 16.6. The first-order valence-corrected chi connectivity index (χ1v) is 15.5. The maximum Gasteiger partial charge on any atom is 0.301 e. The minimum atomic E-state index is -4.17. The summed E-state index contributed by atoms with van der Waals surface area (Å²) in [7, 11) is -4.17. The number of rotatable bonds is 6. The van der Waals surface area contributed by atoms with Crippen LogP contribution in [0.1, 0.15) is 43.5 Å². The molecular weight excluding hydrogens is 614 g/mol. The second-order valence-electron chi connectivity index (χ2n) is 10.8. The second-order valence-corrected chi connectivity index (χ2v) is 14.4. The number of amides is 1. The standard InChI is InChI=1S/C30H24ClN3O7S2/c1-30(2,3)19-8-4-17(5-9-19)25-24(26(35)18-6-10-20(31)11-7-18)27(36)28(37)33(25)29-32-16-23(42-29)43(40,41)22-14-12-21(13-15-22)34(38)39/h4-16,25,35H,1-3H3/b26-24+/t25-/m1/s1. The fourth-order valence-corrected chi connectivity index (χ4v) is 7.30. The van der Waals surface area contributed by atoms with Gasteiger partial charge in [0, 0.05) is 22.7 Å². The van der Waals surface area contributed by atoms with Gasteiger partial charge in [-0.1, -0.05) is 68.0 Å². The Balaban J connectivity index is 1.63. The van der Waals surface area contributed by atoms with Gasteiger partial charge in [-0.2, -0.15) is 0 Å². The third-order valence-electron chi connectivity index (χ3n) is 6.96. The minimum absolute atomic E-state index is 0.0809. The predicted molar refractivity (Wildman–Crippen MR) is 162 cm³/mol. The van der Waals surface area contributed by atoms with Gasteiger partial charge in [-0.3, -0.25) is 24.6 Å². The molecule has 43 heavy (non-hydrogen) atoms. The van der Waals surface area contributed by atoms with Crippen LogP contribution in [0.4, 0.5) is 10.8 Å². The van der Waals surface area contributed by atoms with Crippen LogP contribution in [0.25, 0.3) is 5.76 Å². The predicted octanol–water partition coefficient (Wildman–Crippen LogP) is 6.46. The van der Waals surface area contributed by atoms with Crippen LogP contribution in [0, 0.1) is 10.1 Å². The highest BCUT2D eigenvalue weighted by molar-refractivity contribution is 7.93. The first-order chi connectivity index (χ1) is 20.2. The Morgan fingerprint density at radius 1 is 1.00 bits per heavy atom. The van der Waals surface area contributed by atoms with Crippen LogP contribution in [0.5, 0.6) is 0 Å². The molecular formula is C30H24ClN3O7S2. The summed E-state index contributed by atoms with van der Waals surface area (Å²) in [6.07, 6.45) is 1.06. The van der Waals surface area contributed by atoms with Crippen LogP contribution in [0.3, 0.4) is 0 Å². The molecule has 1 aromatic heterocycles. The number of benzene rings is 3. The van der Waals surface area contributed by atoms with Crippen molar-refractivity contribution in [2.75, 3.05) is 4.90 Å². The molecule has 10 nitrogen and oxygen atoms in total. The number of hydrogen-bond donors (Lipinski definition) is 1. The van der Waals surface area contributed by atoms with Crippen LogP contribution < -0.4 is 4.90 Å². The van der Waals surface area contributed by atoms with E-state index in [0.717, 1.165) is 40.9 Å². The molecule has 1 amide bonds. The fraction of sp³-hybridized carbons (Fsp3) is 0.167. The maximum atomic E-state index is 13.5. The molecule has 0 unspecified atom stereocenters. The van der Waals surface area contributed by atoms with E-state index in [2.05, 4.69) is 4.98 Å². The Morgan fingerprint density at radius 3 is 2.16 bits per heavy atom. The lowest BCUT2D eigenvalue weighted by atomic mass is 9.85. The summed E-state index contributed by atoms with van der Waals surface area (Å²) in [5.41, 5.74) is 1.12. The number of nitrogens with zero attached hydrogens (tertiary/aromatic N) is 3. The van der Waals surface area contributed by atoms with Gasteiger partial charge in [0.05, 0.1) is 27.6 Å². The van der Waals surface area contributed by atoms with Crippen LogP contribution in [0.15, 0.2) is 93.7 Å². The average molecular weight is 638 g/mol. The van der Waals surface area contributed by atoms with E-state index in [1.54, 1.807) is 12.1 Å². The summed E-state index contributed by atoms with van der Waals surface area (Å²) in [6.45, 7) is 6.12. The Kier molecular flexibility index (Phi) is 7.71. The van der Waals surface area contributed by atoms with Gasteiger partial charge < -0.3 is 5.11 Å². The topological polar surface area (TPSA) is 148 Å². The number of aromatic nitrogens is 1. The molecule has 0 saturated carbocycles. The molecule has 1 saturated heterocycles. The zero-order chi connectivity index (χ0) is 31.3. The van der Waals surface area contributed by atoms with Gasteiger partial charge in [0.1, 0.15) is 9.97 Å². The van der Waals surface area contributed by atoms with Crippen molar-refractivity contribution in [3.05, 3.63) is 116 Å². The van der Waals surface area contributed by atoms with Gasteiger partial charge in [0.25, 0.3) is 11.5 Å². The highest BCUT2D eigenvalue weighted by Crippen LogP contribution is 2.44. The molecule has 4 aromatic rings. The number of aliphatic hydroxyl groups is 1. The number of hydrogen-bond acceptors (Lipinski definition) is 9. The van der Waals surface area contributed by atoms with E-state index in [1.807, 2.05) is 32.9 Å². The normalized spacial score (nSPS) is 16.9. The van der Waals surface area contributed by atoms with E-state index >= 15 is 0 Å². The Bertz CT molecular complexity index is 1890. The highest BCUT2D eigenvalue weighted by Gasteiger charge is 2.48. The first-order valence-electron chi connectivity index (χ1n) is 12.8. The molecule has 3 aromatic carbocycles. The Hall–Kier alpha value is -4.39. The summed E-state index contributed by atoms with van der Waals surface area (Å²) in [4.78, 5) is 42.4. The van der Waals surface area contributed by atoms with Crippen molar-refractivity contribution < 1.29 is 28.0 Å². The summed E-state index contributed by atoms with van der Waals surface area (Å²) in [5, 5.41) is 22.6. The molecule has 0 aliphatic carbocycles. The number of carbonyl (C=O) groups is 2. The molecule has 0 radical (unpaired) electrons. The molecule has 0 spiro atoms. The number of aliphatic hydroxyl groups excluding tert-OH is 1. The lowest BCUT2D eigenvalue weighted by molar-refractivity contribution is -0.384. The first kappa shape index (κ1) is 30.1. The quantitative estimate of drug-likeness (QED) is 0.0832. The van der Waals surface area contributed by atoms with Crippen molar-refractivity contribution in [3.63, 3.8) is 0 Å². The number of thiazole rings is 1. The SMILES string of the molecule is CC(C)(C)c1ccc([C@@H]2/C(=C(\O)c3ccc(Cl)cc3)C(=O)C(=O)N2c2ncc(S(=O)(=O)c3ccc([N+](=O)[O-])cc3)s2)cc1. The monoisotopic (exact) mass is 637 g/mol. The zero-order valence-electron chi connectivity index (χ0n) is 23.0. The smallest absolute Gasteiger partial charge is 0.301 e. The number of nitro benzene ring substituents is 1. The number of Topliss-reactive ketones (excluding diaryl/α,β-unsaturated/α-hetero) is 1. The third kappa shape index (κ3) is 5.56. The molecule has 0 bridgehead atoms. The van der Waals surface area contributed by atoms with Crippen molar-refractivity contribution in [3.8, 4) is 0 Å². The lowest BCUT2D eigenvalue weighted by Crippen LogP contribution is -2.29. The van der Waals surface area contributed by atoms with Gasteiger partial charge >= 0.3 is 5.91 Å². The van der Waals surface area contributed by atoms with Crippen molar-refractivity contribution >= 4 is 61.0 Å². The molecule has 1 fully saturated rings. The number of halogens is 1. The number of carbonyl (C=O) groups excluding carboxylic acids is 2. The van der Waals surface area contributed by atoms with E-state index in [0.29, 0.717) is 21.9 Å². The molecule has 1 N–H and O–H groups in total. The van der Waals surface area contributed by atoms with Crippen LogP contribution in [-0.2, 0) is 24.8 Å². The van der Waals surface area contributed by atoms with E-state index < -0.39 is 38.3 Å². The van der Waals surface area contributed by atoms with Gasteiger partial charge in [-0.15, -0.1) is 0 Å². The molecule has 13 heteroatoms. The van der Waals surface area contributed by atoms with Crippen molar-refractivity contribution in [2.24, 2.45) is 0 Å². The summed E-state index contributed by atoms with van der Waals surface area (Å²) >= 11 is 6.66. The Labute approximate surface area is 256 Å². The average Bonchev–Trinajstić information content (AvgIpc) is 3.56. The summed E-state index contributed by atoms with van der Waals surface area (Å²) in [5.74, 6) is -2.38. The van der Waals surface area contributed by atoms with Crippen LogP contribution >= 0.6 is 22.9 Å². The van der Waals surface area contributed by atoms with E-state index in [-0.39, 0.29) is 36.5 Å². The molecule has 220 valence electrons. The van der Waals surface area contributed by atoms with E-state index in [4.69, 9.17) is 11.6 Å². The Morgan fingerprint density at radius 2 is 1.60 bits per heavy atom. The number of non-ortho nitro benzene ring substituents is 1. The number of sulfone groups is 1. The molecule has 2 heterocycles. The number of anilines is 1. The van der Waals surface area contributed by atoms with E-state index in [9.17, 15) is 33.2 Å². The van der Waals surface area contributed by atoms with Crippen molar-refractivity contribution in [2.45, 2.75) is 41.3 Å². The minimum Gasteiger partial charge on any atom is -0.507 e. The third-order valence-corrected chi connectivity index (χ3v) is 10.4. The maximum absolute atomic E-state index is 13.5. The van der Waals surface area contributed by atoms with Gasteiger partial charge in [-0.25, -0.2) is 13.4 Å². The lowest BCUT2D eigenvalue weighted by Gasteiger charge is -2.24. The fourth-order valence-electron chi connectivity index (χ4n) is 4.62. The highest BCUT2D eigenvalue weighted by atomic mass is 35.5. The number of ketones is 1. The van der Waals surface area contributed by atoms with Gasteiger partial charge in [0.2, 0.25) is 9.84 Å². The molecule has 1 aliphatic heterocycles. The number of nitro groups is 1. The molecule has 1 aliphatic rings. The van der Waals surface area contributed by atoms with E-state index in [1.165, 1.54) is 24.3 Å². The van der Waals surface area contributed by atoms with Crippen LogP contribution in [0.2, 0.25) is 5.02 Å².